The number of amides is 2. The summed E-state index contributed by atoms with van der Waals surface area (Å²) in [4.78, 5) is 28.3. The fourth-order valence-electron chi connectivity index (χ4n) is 2.43. The first-order valence-corrected chi connectivity index (χ1v) is 8.44. The van der Waals surface area contributed by atoms with Crippen LogP contribution in [0.4, 0.5) is 5.69 Å². The highest BCUT2D eigenvalue weighted by Crippen LogP contribution is 2.16. The molecule has 1 atom stereocenters. The molecule has 9 heteroatoms. The van der Waals surface area contributed by atoms with Gasteiger partial charge in [0, 0.05) is 5.69 Å². The zero-order chi connectivity index (χ0) is 19.9. The molecule has 2 aromatic carbocycles. The maximum Gasteiger partial charge on any atom is 0.252 e. The Balaban J connectivity index is 1.52. The van der Waals surface area contributed by atoms with Gasteiger partial charge in [0.15, 0.2) is 0 Å². The summed E-state index contributed by atoms with van der Waals surface area (Å²) in [5, 5.41) is 18.5. The average molecular weight is 381 g/mol. The third-order valence-corrected chi connectivity index (χ3v) is 3.86. The summed E-state index contributed by atoms with van der Waals surface area (Å²) < 4.78 is 5.06. The van der Waals surface area contributed by atoms with E-state index in [0.717, 1.165) is 5.56 Å². The van der Waals surface area contributed by atoms with Gasteiger partial charge in [-0.3, -0.25) is 14.9 Å². The van der Waals surface area contributed by atoms with Crippen LogP contribution in [-0.2, 0) is 9.59 Å². The number of guanidine groups is 1. The Morgan fingerprint density at radius 2 is 1.96 bits per heavy atom. The molecule has 3 rings (SSSR count). The summed E-state index contributed by atoms with van der Waals surface area (Å²) in [7, 11) is 1.56. The second kappa shape index (κ2) is 8.67. The van der Waals surface area contributed by atoms with Crippen LogP contribution in [0.15, 0.2) is 58.6 Å². The van der Waals surface area contributed by atoms with Gasteiger partial charge in [0.25, 0.3) is 5.91 Å². The Kier molecular flexibility index (Phi) is 5.85. The van der Waals surface area contributed by atoms with Gasteiger partial charge in [-0.2, -0.15) is 5.10 Å². The molecular weight excluding hydrogens is 362 g/mol. The van der Waals surface area contributed by atoms with Crippen molar-refractivity contribution >= 4 is 29.7 Å². The number of methoxy groups -OCH3 is 1. The molecule has 0 spiro atoms. The predicted octanol–water partition coefficient (Wildman–Crippen LogP) is 1.21. The van der Waals surface area contributed by atoms with E-state index in [1.54, 1.807) is 43.5 Å². The van der Waals surface area contributed by atoms with Crippen LogP contribution >= 0.6 is 0 Å². The second-order valence-electron chi connectivity index (χ2n) is 5.93. The van der Waals surface area contributed by atoms with Gasteiger partial charge in [0.1, 0.15) is 17.5 Å². The minimum absolute atomic E-state index is 0.0925. The van der Waals surface area contributed by atoms with Crippen LogP contribution in [0.25, 0.3) is 0 Å². The summed E-state index contributed by atoms with van der Waals surface area (Å²) in [6.45, 7) is 0. The molecule has 0 aliphatic carbocycles. The number of aromatic hydroxyl groups is 1. The van der Waals surface area contributed by atoms with Gasteiger partial charge in [-0.05, 0) is 54.1 Å². The van der Waals surface area contributed by atoms with Crippen LogP contribution in [0, 0.1) is 0 Å². The molecule has 0 aromatic heterocycles. The van der Waals surface area contributed by atoms with E-state index >= 15 is 0 Å². The largest absolute Gasteiger partial charge is 0.508 e. The van der Waals surface area contributed by atoms with E-state index in [-0.39, 0.29) is 29.9 Å². The lowest BCUT2D eigenvalue weighted by Gasteiger charge is -2.07. The van der Waals surface area contributed by atoms with Crippen molar-refractivity contribution in [3.63, 3.8) is 0 Å². The van der Waals surface area contributed by atoms with E-state index < -0.39 is 6.04 Å². The lowest BCUT2D eigenvalue weighted by molar-refractivity contribution is -0.123. The number of nitrogens with zero attached hydrogens (tertiary/aromatic N) is 2. The highest BCUT2D eigenvalue weighted by Gasteiger charge is 2.28. The van der Waals surface area contributed by atoms with Crippen molar-refractivity contribution < 1.29 is 19.4 Å². The van der Waals surface area contributed by atoms with E-state index in [0.29, 0.717) is 11.4 Å². The smallest absolute Gasteiger partial charge is 0.252 e. The fraction of sp³-hybridized carbons (Fsp3) is 0.158. The molecule has 28 heavy (non-hydrogen) atoms. The topological polar surface area (TPSA) is 124 Å². The summed E-state index contributed by atoms with van der Waals surface area (Å²) in [5.41, 5.74) is 3.98. The third kappa shape index (κ3) is 5.07. The normalized spacial score (nSPS) is 15.8. The van der Waals surface area contributed by atoms with Crippen LogP contribution < -0.4 is 20.8 Å². The van der Waals surface area contributed by atoms with E-state index in [1.165, 1.54) is 18.3 Å². The van der Waals surface area contributed by atoms with Crippen molar-refractivity contribution in [2.24, 2.45) is 10.1 Å². The monoisotopic (exact) mass is 381 g/mol. The summed E-state index contributed by atoms with van der Waals surface area (Å²) in [6.07, 6.45) is 1.42. The number of phenolic OH excluding ortho intramolecular Hbond substituents is 1. The predicted molar refractivity (Wildman–Crippen MR) is 104 cm³/mol. The average Bonchev–Trinajstić information content (AvgIpc) is 3.03. The molecule has 0 radical (unpaired) electrons. The van der Waals surface area contributed by atoms with Gasteiger partial charge in [-0.25, -0.2) is 10.4 Å². The zero-order valence-electron chi connectivity index (χ0n) is 15.0. The first-order chi connectivity index (χ1) is 13.5. The molecule has 9 nitrogen and oxygen atoms in total. The minimum atomic E-state index is -0.829. The number of hydrazone groups is 1. The van der Waals surface area contributed by atoms with Gasteiger partial charge < -0.3 is 15.2 Å². The Morgan fingerprint density at radius 3 is 2.64 bits per heavy atom. The lowest BCUT2D eigenvalue weighted by Crippen LogP contribution is -2.35. The molecule has 1 unspecified atom stereocenters. The summed E-state index contributed by atoms with van der Waals surface area (Å²) >= 11 is 0. The Hall–Kier alpha value is -3.88. The van der Waals surface area contributed by atoms with Crippen molar-refractivity contribution in [1.82, 2.24) is 10.7 Å². The number of rotatable bonds is 6. The molecule has 2 amide bonds. The van der Waals surface area contributed by atoms with Crippen molar-refractivity contribution in [2.45, 2.75) is 12.5 Å². The van der Waals surface area contributed by atoms with Gasteiger partial charge in [0.2, 0.25) is 11.9 Å². The number of phenols is 1. The second-order valence-corrected chi connectivity index (χ2v) is 5.93. The highest BCUT2D eigenvalue weighted by atomic mass is 16.5. The highest BCUT2D eigenvalue weighted by molar-refractivity contribution is 6.07. The number of carbonyl (C=O) groups is 2. The van der Waals surface area contributed by atoms with Gasteiger partial charge in [0.05, 0.1) is 19.7 Å². The number of hydrogen-bond donors (Lipinski definition) is 4. The van der Waals surface area contributed by atoms with Crippen LogP contribution in [0.2, 0.25) is 0 Å². The quantitative estimate of drug-likeness (QED) is 0.442. The van der Waals surface area contributed by atoms with E-state index in [4.69, 9.17) is 4.74 Å². The number of hydrogen-bond acceptors (Lipinski definition) is 7. The minimum Gasteiger partial charge on any atom is -0.508 e. The molecule has 144 valence electrons. The van der Waals surface area contributed by atoms with E-state index in [9.17, 15) is 14.7 Å². The molecule has 1 heterocycles. The van der Waals surface area contributed by atoms with Crippen molar-refractivity contribution in [2.75, 3.05) is 12.4 Å². The lowest BCUT2D eigenvalue weighted by atomic mass is 10.2. The molecule has 4 N–H and O–H groups in total. The first-order valence-electron chi connectivity index (χ1n) is 8.44. The van der Waals surface area contributed by atoms with E-state index in [1.807, 2.05) is 0 Å². The number of ether oxygens (including phenoxy) is 1. The third-order valence-electron chi connectivity index (χ3n) is 3.86. The Labute approximate surface area is 161 Å². The molecule has 0 fully saturated rings. The van der Waals surface area contributed by atoms with Crippen LogP contribution in [0.3, 0.4) is 0 Å². The van der Waals surface area contributed by atoms with Gasteiger partial charge in [-0.1, -0.05) is 0 Å². The van der Waals surface area contributed by atoms with Gasteiger partial charge >= 0.3 is 0 Å². The van der Waals surface area contributed by atoms with Crippen molar-refractivity contribution in [1.29, 1.82) is 0 Å². The SMILES string of the molecule is COc1ccc(NC(=O)CC2N=C(NN=Cc3ccc(O)cc3)NC2=O)cc1. The molecule has 0 bridgehead atoms. The molecule has 0 saturated carbocycles. The van der Waals surface area contributed by atoms with Crippen molar-refractivity contribution in [3.05, 3.63) is 54.1 Å². The van der Waals surface area contributed by atoms with Crippen LogP contribution in [0.1, 0.15) is 12.0 Å². The van der Waals surface area contributed by atoms with E-state index in [2.05, 4.69) is 26.2 Å². The Bertz CT molecular complexity index is 907. The van der Waals surface area contributed by atoms with Crippen LogP contribution in [0.5, 0.6) is 11.5 Å². The number of benzene rings is 2. The van der Waals surface area contributed by atoms with Crippen molar-refractivity contribution in [3.8, 4) is 11.5 Å². The maximum absolute atomic E-state index is 12.1. The number of anilines is 1. The fourth-order valence-corrected chi connectivity index (χ4v) is 2.43. The molecular formula is C19H19N5O4. The number of aliphatic imine (C=N–C) groups is 1. The molecule has 0 saturated heterocycles. The van der Waals surface area contributed by atoms with Crippen LogP contribution in [-0.4, -0.2) is 42.2 Å². The number of carbonyl (C=O) groups excluding carboxylic acids is 2. The zero-order valence-corrected chi connectivity index (χ0v) is 15.0. The standard InChI is InChI=1S/C19H19N5O4/c1-28-15-8-4-13(5-9-15)21-17(26)10-16-18(27)23-19(22-16)24-20-11-12-2-6-14(25)7-3-12/h2-9,11,16,25H,10H2,1H3,(H,21,26)(H2,22,23,24,27). The molecule has 1 aliphatic rings. The summed E-state index contributed by atoms with van der Waals surface area (Å²) in [5.74, 6) is 0.298. The summed E-state index contributed by atoms with van der Waals surface area (Å²) in [6, 6.07) is 12.5. The number of nitrogens with one attached hydrogen (secondary N) is 3. The maximum atomic E-state index is 12.1. The molecule has 2 aromatic rings. The van der Waals surface area contributed by atoms with Gasteiger partial charge in [-0.15, -0.1) is 0 Å². The molecule has 1 aliphatic heterocycles. The first kappa shape index (κ1) is 18.9. The Morgan fingerprint density at radius 1 is 1.25 bits per heavy atom.